The molecule has 1 saturated carbocycles. The van der Waals surface area contributed by atoms with Crippen molar-refractivity contribution in [2.45, 2.75) is 38.5 Å². The van der Waals surface area contributed by atoms with Gasteiger partial charge in [-0.15, -0.1) is 6.58 Å². The van der Waals surface area contributed by atoms with Gasteiger partial charge in [0.15, 0.2) is 5.96 Å². The molecule has 0 aliphatic heterocycles. The summed E-state index contributed by atoms with van der Waals surface area (Å²) in [5, 5.41) is 9.18. The van der Waals surface area contributed by atoms with Crippen molar-refractivity contribution in [3.8, 4) is 0 Å². The average Bonchev–Trinajstić information content (AvgIpc) is 2.47. The second-order valence-corrected chi connectivity index (χ2v) is 5.23. The Bertz CT molecular complexity index is 322. The molecule has 20 heavy (non-hydrogen) atoms. The molecule has 0 heterocycles. The van der Waals surface area contributed by atoms with Gasteiger partial charge in [-0.25, -0.2) is 0 Å². The zero-order chi connectivity index (χ0) is 14.6. The molecule has 1 rings (SSSR count). The van der Waals surface area contributed by atoms with Crippen LogP contribution >= 0.6 is 0 Å². The Morgan fingerprint density at radius 3 is 2.55 bits per heavy atom. The van der Waals surface area contributed by atoms with Crippen LogP contribution in [0.5, 0.6) is 0 Å². The van der Waals surface area contributed by atoms with E-state index in [1.54, 1.807) is 13.1 Å². The monoisotopic (exact) mass is 280 g/mol. The Kier molecular flexibility index (Phi) is 8.51. The third-order valence-electron chi connectivity index (χ3n) is 3.58. The van der Waals surface area contributed by atoms with E-state index < -0.39 is 0 Å². The van der Waals surface area contributed by atoms with Gasteiger partial charge < -0.3 is 16.0 Å². The smallest absolute Gasteiger partial charge is 0.220 e. The average molecular weight is 280 g/mol. The van der Waals surface area contributed by atoms with E-state index in [2.05, 4.69) is 27.5 Å². The van der Waals surface area contributed by atoms with E-state index in [1.807, 2.05) is 0 Å². The fourth-order valence-electron chi connectivity index (χ4n) is 2.50. The molecule has 0 aromatic rings. The number of nitrogens with zero attached hydrogens (tertiary/aromatic N) is 1. The van der Waals surface area contributed by atoms with Gasteiger partial charge in [-0.05, 0) is 18.8 Å². The minimum Gasteiger partial charge on any atom is -0.355 e. The number of carbonyl (C=O) groups is 1. The topological polar surface area (TPSA) is 65.5 Å². The molecule has 114 valence electrons. The number of carbonyl (C=O) groups excluding carboxylic acids is 1. The van der Waals surface area contributed by atoms with Crippen molar-refractivity contribution in [2.75, 3.05) is 26.7 Å². The molecule has 0 aromatic heterocycles. The van der Waals surface area contributed by atoms with Crippen molar-refractivity contribution < 1.29 is 4.79 Å². The molecule has 5 nitrogen and oxygen atoms in total. The molecule has 1 aliphatic carbocycles. The van der Waals surface area contributed by atoms with Crippen LogP contribution in [-0.4, -0.2) is 38.5 Å². The number of rotatable bonds is 7. The molecular formula is C15H28N4O. The molecule has 0 bridgehead atoms. The number of nitrogens with one attached hydrogen (secondary N) is 3. The summed E-state index contributed by atoms with van der Waals surface area (Å²) in [5.74, 6) is 1.50. The quantitative estimate of drug-likeness (QED) is 0.286. The lowest BCUT2D eigenvalue weighted by molar-refractivity contribution is -0.122. The van der Waals surface area contributed by atoms with Gasteiger partial charge in [-0.1, -0.05) is 25.3 Å². The lowest BCUT2D eigenvalue weighted by Crippen LogP contribution is -2.41. The van der Waals surface area contributed by atoms with Crippen molar-refractivity contribution in [1.29, 1.82) is 0 Å². The lowest BCUT2D eigenvalue weighted by atomic mass is 9.87. The lowest BCUT2D eigenvalue weighted by Gasteiger charge is -2.20. The van der Waals surface area contributed by atoms with E-state index in [9.17, 15) is 4.79 Å². The third-order valence-corrected chi connectivity index (χ3v) is 3.58. The van der Waals surface area contributed by atoms with E-state index in [0.717, 1.165) is 5.96 Å². The molecular weight excluding hydrogens is 252 g/mol. The number of amides is 1. The van der Waals surface area contributed by atoms with Gasteiger partial charge in [0.1, 0.15) is 0 Å². The summed E-state index contributed by atoms with van der Waals surface area (Å²) in [6, 6.07) is 0. The summed E-state index contributed by atoms with van der Waals surface area (Å²) in [7, 11) is 1.72. The fourth-order valence-corrected chi connectivity index (χ4v) is 2.50. The number of guanidine groups is 1. The molecule has 0 saturated heterocycles. The predicted octanol–water partition coefficient (Wildman–Crippen LogP) is 1.42. The van der Waals surface area contributed by atoms with Gasteiger partial charge in [-0.3, -0.25) is 9.79 Å². The highest BCUT2D eigenvalue weighted by Gasteiger charge is 2.16. The van der Waals surface area contributed by atoms with Gasteiger partial charge in [-0.2, -0.15) is 0 Å². The summed E-state index contributed by atoms with van der Waals surface area (Å²) in [6.45, 7) is 5.61. The molecule has 5 heteroatoms. The second-order valence-electron chi connectivity index (χ2n) is 5.23. The Labute approximate surface area is 122 Å². The molecule has 1 fully saturated rings. The molecule has 0 aromatic carbocycles. The highest BCUT2D eigenvalue weighted by molar-refractivity contribution is 5.80. The van der Waals surface area contributed by atoms with Crippen molar-refractivity contribution in [3.05, 3.63) is 12.7 Å². The van der Waals surface area contributed by atoms with Crippen LogP contribution in [0, 0.1) is 5.92 Å². The normalized spacial score (nSPS) is 16.6. The summed E-state index contributed by atoms with van der Waals surface area (Å²) in [6.07, 6.45) is 8.78. The summed E-state index contributed by atoms with van der Waals surface area (Å²) < 4.78 is 0. The van der Waals surface area contributed by atoms with Crippen molar-refractivity contribution in [2.24, 2.45) is 10.9 Å². The van der Waals surface area contributed by atoms with Crippen LogP contribution in [0.2, 0.25) is 0 Å². The van der Waals surface area contributed by atoms with E-state index in [-0.39, 0.29) is 5.91 Å². The number of aliphatic imine (C=N–C) groups is 1. The van der Waals surface area contributed by atoms with Crippen molar-refractivity contribution in [3.63, 3.8) is 0 Å². The Hall–Kier alpha value is -1.52. The standard InChI is InChI=1S/C15H28N4O/c1-3-9-18-15(16-2)19-11-10-17-14(20)12-13-7-5-4-6-8-13/h3,13H,1,4-12H2,2H3,(H,17,20)(H2,16,18,19). The van der Waals surface area contributed by atoms with Crippen LogP contribution in [0.15, 0.2) is 17.6 Å². The van der Waals surface area contributed by atoms with Crippen LogP contribution in [-0.2, 0) is 4.79 Å². The maximum absolute atomic E-state index is 11.8. The Morgan fingerprint density at radius 1 is 1.20 bits per heavy atom. The Morgan fingerprint density at radius 2 is 1.90 bits per heavy atom. The van der Waals surface area contributed by atoms with Crippen LogP contribution in [0.4, 0.5) is 0 Å². The summed E-state index contributed by atoms with van der Waals surface area (Å²) in [5.41, 5.74) is 0. The largest absolute Gasteiger partial charge is 0.355 e. The zero-order valence-corrected chi connectivity index (χ0v) is 12.6. The van der Waals surface area contributed by atoms with Gasteiger partial charge in [0, 0.05) is 33.1 Å². The third kappa shape index (κ3) is 7.16. The van der Waals surface area contributed by atoms with E-state index >= 15 is 0 Å². The van der Waals surface area contributed by atoms with E-state index in [0.29, 0.717) is 32.0 Å². The van der Waals surface area contributed by atoms with E-state index in [1.165, 1.54) is 32.1 Å². The first-order valence-corrected chi connectivity index (χ1v) is 7.58. The van der Waals surface area contributed by atoms with Crippen LogP contribution < -0.4 is 16.0 Å². The zero-order valence-electron chi connectivity index (χ0n) is 12.6. The first-order chi connectivity index (χ1) is 9.76. The predicted molar refractivity (Wildman–Crippen MR) is 83.8 cm³/mol. The number of hydrogen-bond donors (Lipinski definition) is 3. The second kappa shape index (κ2) is 10.3. The highest BCUT2D eigenvalue weighted by Crippen LogP contribution is 2.25. The minimum atomic E-state index is 0.174. The van der Waals surface area contributed by atoms with Gasteiger partial charge in [0.05, 0.1) is 0 Å². The maximum Gasteiger partial charge on any atom is 0.220 e. The van der Waals surface area contributed by atoms with Gasteiger partial charge in [0.25, 0.3) is 0 Å². The van der Waals surface area contributed by atoms with Crippen LogP contribution in [0.3, 0.4) is 0 Å². The van der Waals surface area contributed by atoms with E-state index in [4.69, 9.17) is 0 Å². The molecule has 1 amide bonds. The fraction of sp³-hybridized carbons (Fsp3) is 0.733. The van der Waals surface area contributed by atoms with Crippen molar-refractivity contribution in [1.82, 2.24) is 16.0 Å². The molecule has 1 aliphatic rings. The SMILES string of the molecule is C=CCNC(=NC)NCCNC(=O)CC1CCCCC1. The van der Waals surface area contributed by atoms with Crippen LogP contribution in [0.1, 0.15) is 38.5 Å². The Balaban J connectivity index is 2.07. The molecule has 0 unspecified atom stereocenters. The highest BCUT2D eigenvalue weighted by atomic mass is 16.1. The first-order valence-electron chi connectivity index (χ1n) is 7.58. The minimum absolute atomic E-state index is 0.174. The molecule has 0 spiro atoms. The van der Waals surface area contributed by atoms with Crippen molar-refractivity contribution >= 4 is 11.9 Å². The maximum atomic E-state index is 11.8. The summed E-state index contributed by atoms with van der Waals surface area (Å²) >= 11 is 0. The summed E-state index contributed by atoms with van der Waals surface area (Å²) in [4.78, 5) is 15.9. The molecule has 0 radical (unpaired) electrons. The molecule has 0 atom stereocenters. The van der Waals surface area contributed by atoms with Crippen LogP contribution in [0.25, 0.3) is 0 Å². The van der Waals surface area contributed by atoms with Gasteiger partial charge >= 0.3 is 0 Å². The first kappa shape index (κ1) is 16.5. The number of hydrogen-bond acceptors (Lipinski definition) is 2. The van der Waals surface area contributed by atoms with Gasteiger partial charge in [0.2, 0.25) is 5.91 Å². The molecule has 3 N–H and O–H groups in total.